The highest BCUT2D eigenvalue weighted by atomic mass is 35.5. The molecule has 0 aliphatic carbocycles. The highest BCUT2D eigenvalue weighted by Gasteiger charge is 2.23. The molecule has 3 rings (SSSR count). The molecule has 0 N–H and O–H groups in total. The van der Waals surface area contributed by atoms with Crippen molar-refractivity contribution in [3.63, 3.8) is 0 Å². The molecule has 0 aromatic carbocycles. The minimum atomic E-state index is 0.586. The van der Waals surface area contributed by atoms with Gasteiger partial charge in [0.05, 0.1) is 5.39 Å². The molecule has 0 radical (unpaired) electrons. The summed E-state index contributed by atoms with van der Waals surface area (Å²) in [6.07, 6.45) is 1.53. The van der Waals surface area contributed by atoms with Gasteiger partial charge in [-0.3, -0.25) is 4.90 Å². The normalized spacial score (nSPS) is 16.4. The highest BCUT2D eigenvalue weighted by molar-refractivity contribution is 7.19. The van der Waals surface area contributed by atoms with Crippen LogP contribution in [0.3, 0.4) is 0 Å². The van der Waals surface area contributed by atoms with Crippen LogP contribution in [0.5, 0.6) is 0 Å². The van der Waals surface area contributed by atoms with E-state index in [2.05, 4.69) is 21.9 Å². The molecule has 0 spiro atoms. The van der Waals surface area contributed by atoms with Gasteiger partial charge in [0.1, 0.15) is 16.3 Å². The molecule has 0 atom stereocenters. The maximum atomic E-state index is 6.07. The Labute approximate surface area is 90.3 Å². The van der Waals surface area contributed by atoms with E-state index in [4.69, 9.17) is 11.6 Å². The Morgan fingerprint density at radius 2 is 2.29 bits per heavy atom. The lowest BCUT2D eigenvalue weighted by atomic mass is 10.2. The molecule has 72 valence electrons. The number of thiophene rings is 1. The Kier molecular flexibility index (Phi) is 1.77. The summed E-state index contributed by atoms with van der Waals surface area (Å²) in [5.74, 6) is 0. The zero-order chi connectivity index (χ0) is 9.71. The summed E-state index contributed by atoms with van der Waals surface area (Å²) in [5.41, 5.74) is 1.32. The summed E-state index contributed by atoms with van der Waals surface area (Å²) < 4.78 is 0. The van der Waals surface area contributed by atoms with Crippen LogP contribution in [-0.2, 0) is 13.1 Å². The standard InChI is InChI=1S/C9H8ClN3S/c1-13-2-5-6(3-13)14-9-7(5)8(10)11-4-12-9/h4H,2-3H2,1H3. The maximum Gasteiger partial charge on any atom is 0.141 e. The number of rotatable bonds is 0. The average molecular weight is 226 g/mol. The predicted octanol–water partition coefficient (Wildman–Crippen LogP) is 2.29. The van der Waals surface area contributed by atoms with Crippen molar-refractivity contribution in [3.8, 4) is 0 Å². The van der Waals surface area contributed by atoms with Crippen LogP contribution >= 0.6 is 22.9 Å². The van der Waals surface area contributed by atoms with E-state index in [-0.39, 0.29) is 0 Å². The van der Waals surface area contributed by atoms with Crippen molar-refractivity contribution in [2.24, 2.45) is 0 Å². The number of aromatic nitrogens is 2. The van der Waals surface area contributed by atoms with Gasteiger partial charge in [-0.05, 0) is 12.6 Å². The van der Waals surface area contributed by atoms with Crippen LogP contribution in [0.1, 0.15) is 10.4 Å². The van der Waals surface area contributed by atoms with Gasteiger partial charge in [0.15, 0.2) is 0 Å². The van der Waals surface area contributed by atoms with Crippen LogP contribution in [0, 0.1) is 0 Å². The zero-order valence-corrected chi connectivity index (χ0v) is 9.19. The minimum absolute atomic E-state index is 0.586. The van der Waals surface area contributed by atoms with Gasteiger partial charge in [0.2, 0.25) is 0 Å². The molecule has 1 aliphatic heterocycles. The van der Waals surface area contributed by atoms with Gasteiger partial charge < -0.3 is 0 Å². The number of hydrogen-bond donors (Lipinski definition) is 0. The fraction of sp³-hybridized carbons (Fsp3) is 0.333. The number of nitrogens with zero attached hydrogens (tertiary/aromatic N) is 3. The Morgan fingerprint density at radius 1 is 1.43 bits per heavy atom. The van der Waals surface area contributed by atoms with Crippen molar-refractivity contribution in [3.05, 3.63) is 21.9 Å². The first kappa shape index (κ1) is 8.59. The molecule has 3 nitrogen and oxygen atoms in total. The third-order valence-electron chi connectivity index (χ3n) is 2.47. The third kappa shape index (κ3) is 1.08. The lowest BCUT2D eigenvalue weighted by molar-refractivity contribution is 0.355. The van der Waals surface area contributed by atoms with Crippen molar-refractivity contribution >= 4 is 33.2 Å². The van der Waals surface area contributed by atoms with E-state index in [9.17, 15) is 0 Å². The maximum absolute atomic E-state index is 6.07. The number of halogens is 1. The molecule has 1 aliphatic rings. The molecule has 3 heterocycles. The topological polar surface area (TPSA) is 29.0 Å². The fourth-order valence-electron chi connectivity index (χ4n) is 1.86. The molecule has 0 unspecified atom stereocenters. The van der Waals surface area contributed by atoms with Crippen LogP contribution in [0.2, 0.25) is 5.15 Å². The molecule has 2 aromatic rings. The van der Waals surface area contributed by atoms with Gasteiger partial charge in [-0.15, -0.1) is 11.3 Å². The molecule has 14 heavy (non-hydrogen) atoms. The van der Waals surface area contributed by atoms with E-state index in [1.807, 2.05) is 0 Å². The zero-order valence-electron chi connectivity index (χ0n) is 7.62. The van der Waals surface area contributed by atoms with Gasteiger partial charge in [0.25, 0.3) is 0 Å². The monoisotopic (exact) mass is 225 g/mol. The molecule has 0 fully saturated rings. The fourth-order valence-corrected chi connectivity index (χ4v) is 3.40. The number of hydrogen-bond acceptors (Lipinski definition) is 4. The summed E-state index contributed by atoms with van der Waals surface area (Å²) in [6.45, 7) is 1.97. The van der Waals surface area contributed by atoms with Crippen LogP contribution in [-0.4, -0.2) is 21.9 Å². The van der Waals surface area contributed by atoms with Crippen molar-refractivity contribution in [2.75, 3.05) is 7.05 Å². The second-order valence-corrected chi connectivity index (χ2v) is 4.96. The second-order valence-electron chi connectivity index (χ2n) is 3.52. The van der Waals surface area contributed by atoms with Gasteiger partial charge in [-0.1, -0.05) is 11.6 Å². The minimum Gasteiger partial charge on any atom is -0.297 e. The van der Waals surface area contributed by atoms with Gasteiger partial charge in [-0.2, -0.15) is 0 Å². The van der Waals surface area contributed by atoms with Crippen molar-refractivity contribution < 1.29 is 0 Å². The molecular weight excluding hydrogens is 218 g/mol. The summed E-state index contributed by atoms with van der Waals surface area (Å²) >= 11 is 7.79. The highest BCUT2D eigenvalue weighted by Crippen LogP contribution is 2.38. The van der Waals surface area contributed by atoms with Crippen molar-refractivity contribution in [2.45, 2.75) is 13.1 Å². The Morgan fingerprint density at radius 3 is 3.14 bits per heavy atom. The molecule has 0 bridgehead atoms. The number of fused-ring (bicyclic) bond motifs is 3. The van der Waals surface area contributed by atoms with E-state index >= 15 is 0 Å². The molecule has 0 saturated carbocycles. The van der Waals surface area contributed by atoms with Crippen molar-refractivity contribution in [1.82, 2.24) is 14.9 Å². The van der Waals surface area contributed by atoms with Gasteiger partial charge >= 0.3 is 0 Å². The molecule has 0 saturated heterocycles. The SMILES string of the molecule is CN1Cc2sc3ncnc(Cl)c3c2C1. The third-order valence-corrected chi connectivity index (χ3v) is 3.88. The first-order chi connectivity index (χ1) is 6.75. The first-order valence-electron chi connectivity index (χ1n) is 4.35. The lowest BCUT2D eigenvalue weighted by Crippen LogP contribution is -2.07. The average Bonchev–Trinajstić information content (AvgIpc) is 2.60. The molecule has 2 aromatic heterocycles. The van der Waals surface area contributed by atoms with Gasteiger partial charge in [-0.25, -0.2) is 9.97 Å². The predicted molar refractivity (Wildman–Crippen MR) is 57.6 cm³/mol. The van der Waals surface area contributed by atoms with Gasteiger partial charge in [0, 0.05) is 18.0 Å². The quantitative estimate of drug-likeness (QED) is 0.645. The van der Waals surface area contributed by atoms with E-state index in [1.54, 1.807) is 11.3 Å². The van der Waals surface area contributed by atoms with Crippen LogP contribution < -0.4 is 0 Å². The largest absolute Gasteiger partial charge is 0.297 e. The van der Waals surface area contributed by atoms with Crippen LogP contribution in [0.4, 0.5) is 0 Å². The first-order valence-corrected chi connectivity index (χ1v) is 5.54. The summed E-state index contributed by atoms with van der Waals surface area (Å²) in [7, 11) is 2.11. The van der Waals surface area contributed by atoms with E-state index in [0.717, 1.165) is 23.3 Å². The van der Waals surface area contributed by atoms with E-state index < -0.39 is 0 Å². The Balaban J connectivity index is 2.35. The Hall–Kier alpha value is -0.710. The molecule has 0 amide bonds. The summed E-state index contributed by atoms with van der Waals surface area (Å²) in [6, 6.07) is 0. The van der Waals surface area contributed by atoms with E-state index in [1.165, 1.54) is 16.8 Å². The van der Waals surface area contributed by atoms with Crippen LogP contribution in [0.25, 0.3) is 10.2 Å². The van der Waals surface area contributed by atoms with E-state index in [0.29, 0.717) is 5.15 Å². The summed E-state index contributed by atoms with van der Waals surface area (Å²) in [5, 5.41) is 1.64. The Bertz CT molecular complexity index is 508. The lowest BCUT2D eigenvalue weighted by Gasteiger charge is -2.04. The van der Waals surface area contributed by atoms with Crippen molar-refractivity contribution in [1.29, 1.82) is 0 Å². The smallest absolute Gasteiger partial charge is 0.141 e. The second kappa shape index (κ2) is 2.89. The molecular formula is C9H8ClN3S. The van der Waals surface area contributed by atoms with Crippen LogP contribution in [0.15, 0.2) is 6.33 Å². The summed E-state index contributed by atoms with van der Waals surface area (Å²) in [4.78, 5) is 12.9. The molecule has 5 heteroatoms.